The van der Waals surface area contributed by atoms with E-state index < -0.39 is 0 Å². The van der Waals surface area contributed by atoms with E-state index >= 15 is 0 Å². The van der Waals surface area contributed by atoms with Crippen LogP contribution < -0.4 is 0 Å². The van der Waals surface area contributed by atoms with Gasteiger partial charge in [-0.25, -0.2) is 0 Å². The maximum atomic E-state index is 11.9. The summed E-state index contributed by atoms with van der Waals surface area (Å²) in [6.07, 6.45) is 3.80. The molecular formula is C13H19NOS. The van der Waals surface area contributed by atoms with Crippen molar-refractivity contribution >= 4 is 17.1 Å². The predicted molar refractivity (Wildman–Crippen MR) is 68.1 cm³/mol. The van der Waals surface area contributed by atoms with Crippen LogP contribution in [0.15, 0.2) is 16.8 Å². The molecule has 0 atom stereocenters. The average Bonchev–Trinajstić information content (AvgIpc) is 2.83. The van der Waals surface area contributed by atoms with E-state index in [1.165, 1.54) is 19.3 Å². The van der Waals surface area contributed by atoms with Gasteiger partial charge in [0.15, 0.2) is 5.78 Å². The predicted octanol–water partition coefficient (Wildman–Crippen LogP) is 3.05. The molecule has 0 aromatic carbocycles. The lowest BCUT2D eigenvalue weighted by molar-refractivity contribution is 0.0895. The number of hydrogen-bond donors (Lipinski definition) is 0. The van der Waals surface area contributed by atoms with E-state index in [2.05, 4.69) is 11.8 Å². The summed E-state index contributed by atoms with van der Waals surface area (Å²) in [4.78, 5) is 14.2. The third kappa shape index (κ3) is 2.92. The Morgan fingerprint density at radius 3 is 2.81 bits per heavy atom. The molecule has 2 nitrogen and oxygen atoms in total. The number of hydrogen-bond acceptors (Lipinski definition) is 3. The summed E-state index contributed by atoms with van der Waals surface area (Å²) in [5.74, 6) is 1.16. The normalized spacial score (nSPS) is 18.8. The van der Waals surface area contributed by atoms with E-state index in [1.54, 1.807) is 11.3 Å². The third-order valence-corrected chi connectivity index (χ3v) is 4.18. The van der Waals surface area contributed by atoms with Gasteiger partial charge in [0.1, 0.15) is 0 Å². The van der Waals surface area contributed by atoms with Gasteiger partial charge >= 0.3 is 0 Å². The second kappa shape index (κ2) is 5.60. The molecule has 0 spiro atoms. The molecule has 1 fully saturated rings. The Labute approximate surface area is 101 Å². The lowest BCUT2D eigenvalue weighted by atomic mass is 9.94. The quantitative estimate of drug-likeness (QED) is 0.750. The van der Waals surface area contributed by atoms with E-state index in [1.807, 2.05) is 16.8 Å². The topological polar surface area (TPSA) is 20.3 Å². The lowest BCUT2D eigenvalue weighted by Gasteiger charge is -2.30. The first kappa shape index (κ1) is 11.8. The van der Waals surface area contributed by atoms with E-state index in [0.29, 0.717) is 6.54 Å². The lowest BCUT2D eigenvalue weighted by Crippen LogP contribution is -2.37. The van der Waals surface area contributed by atoms with Gasteiger partial charge < -0.3 is 0 Å². The van der Waals surface area contributed by atoms with Gasteiger partial charge in [0.25, 0.3) is 0 Å². The largest absolute Gasteiger partial charge is 0.296 e. The van der Waals surface area contributed by atoms with Gasteiger partial charge in [-0.1, -0.05) is 13.3 Å². The highest BCUT2D eigenvalue weighted by molar-refractivity contribution is 7.08. The Hall–Kier alpha value is -0.670. The number of nitrogens with zero attached hydrogens (tertiary/aromatic N) is 1. The minimum atomic E-state index is 0.274. The van der Waals surface area contributed by atoms with E-state index in [9.17, 15) is 4.79 Å². The van der Waals surface area contributed by atoms with Crippen LogP contribution in [0.25, 0.3) is 0 Å². The number of Topliss-reactive ketones (excluding diaryl/α,β-unsaturated/α-hetero) is 1. The molecule has 2 heterocycles. The van der Waals surface area contributed by atoms with Crippen molar-refractivity contribution in [2.75, 3.05) is 19.6 Å². The number of likely N-dealkylation sites (tertiary alicyclic amines) is 1. The van der Waals surface area contributed by atoms with E-state index in [-0.39, 0.29) is 5.78 Å². The SMILES string of the molecule is CCC1CCN(CC(=O)c2ccsc2)CC1. The molecule has 3 heteroatoms. The van der Waals surface area contributed by atoms with Crippen LogP contribution in [-0.2, 0) is 0 Å². The molecule has 2 rings (SSSR count). The maximum Gasteiger partial charge on any atom is 0.177 e. The van der Waals surface area contributed by atoms with Gasteiger partial charge in [0.05, 0.1) is 6.54 Å². The van der Waals surface area contributed by atoms with Gasteiger partial charge in [-0.15, -0.1) is 0 Å². The summed E-state index contributed by atoms with van der Waals surface area (Å²) in [6.45, 7) is 5.05. The fourth-order valence-corrected chi connectivity index (χ4v) is 2.93. The number of carbonyl (C=O) groups is 1. The molecule has 0 radical (unpaired) electrons. The summed E-state index contributed by atoms with van der Waals surface area (Å²) in [6, 6.07) is 1.92. The number of ketones is 1. The summed E-state index contributed by atoms with van der Waals surface area (Å²) in [5, 5.41) is 3.91. The Balaban J connectivity index is 1.81. The number of thiophene rings is 1. The Bertz CT molecular complexity index is 326. The Morgan fingerprint density at radius 2 is 2.25 bits per heavy atom. The molecule has 1 saturated heterocycles. The second-order valence-corrected chi connectivity index (χ2v) is 5.34. The molecular weight excluding hydrogens is 218 g/mol. The molecule has 0 saturated carbocycles. The standard InChI is InChI=1S/C13H19NOS/c1-2-11-3-6-14(7-4-11)9-13(15)12-5-8-16-10-12/h5,8,10-11H,2-4,6-7,9H2,1H3. The van der Waals surface area contributed by atoms with Crippen LogP contribution >= 0.6 is 11.3 Å². The van der Waals surface area contributed by atoms with Crippen molar-refractivity contribution in [2.24, 2.45) is 5.92 Å². The molecule has 0 aliphatic carbocycles. The van der Waals surface area contributed by atoms with Crippen molar-refractivity contribution in [3.8, 4) is 0 Å². The van der Waals surface area contributed by atoms with Gasteiger partial charge in [-0.2, -0.15) is 11.3 Å². The minimum absolute atomic E-state index is 0.274. The highest BCUT2D eigenvalue weighted by Gasteiger charge is 2.20. The van der Waals surface area contributed by atoms with Crippen LogP contribution in [0.1, 0.15) is 36.5 Å². The second-order valence-electron chi connectivity index (χ2n) is 4.56. The first-order valence-corrected chi connectivity index (χ1v) is 7.01. The van der Waals surface area contributed by atoms with Crippen LogP contribution in [-0.4, -0.2) is 30.3 Å². The summed E-state index contributed by atoms with van der Waals surface area (Å²) in [7, 11) is 0. The molecule has 0 bridgehead atoms. The monoisotopic (exact) mass is 237 g/mol. The Kier molecular flexibility index (Phi) is 4.13. The van der Waals surface area contributed by atoms with Gasteiger partial charge in [0, 0.05) is 10.9 Å². The first-order chi connectivity index (χ1) is 7.79. The highest BCUT2D eigenvalue weighted by Crippen LogP contribution is 2.20. The zero-order valence-electron chi connectivity index (χ0n) is 9.82. The average molecular weight is 237 g/mol. The van der Waals surface area contributed by atoms with Crippen molar-refractivity contribution in [2.45, 2.75) is 26.2 Å². The van der Waals surface area contributed by atoms with Gasteiger partial charge in [0.2, 0.25) is 0 Å². The molecule has 0 N–H and O–H groups in total. The summed E-state index contributed by atoms with van der Waals surface area (Å²) in [5.41, 5.74) is 0.877. The molecule has 1 aromatic rings. The molecule has 1 aromatic heterocycles. The summed E-state index contributed by atoms with van der Waals surface area (Å²) < 4.78 is 0. The zero-order valence-corrected chi connectivity index (χ0v) is 10.6. The molecule has 1 aliphatic rings. The molecule has 0 unspecified atom stereocenters. The van der Waals surface area contributed by atoms with E-state index in [0.717, 1.165) is 24.6 Å². The summed E-state index contributed by atoms with van der Waals surface area (Å²) >= 11 is 1.59. The Morgan fingerprint density at radius 1 is 1.50 bits per heavy atom. The van der Waals surface area contributed by atoms with E-state index in [4.69, 9.17) is 0 Å². The maximum absolute atomic E-state index is 11.9. The van der Waals surface area contributed by atoms with Gasteiger partial charge in [-0.3, -0.25) is 9.69 Å². The molecule has 1 aliphatic heterocycles. The van der Waals surface area contributed by atoms with Crippen LogP contribution in [0.5, 0.6) is 0 Å². The number of piperidine rings is 1. The molecule has 0 amide bonds. The fraction of sp³-hybridized carbons (Fsp3) is 0.615. The third-order valence-electron chi connectivity index (χ3n) is 3.49. The first-order valence-electron chi connectivity index (χ1n) is 6.07. The number of carbonyl (C=O) groups excluding carboxylic acids is 1. The van der Waals surface area contributed by atoms with Crippen molar-refractivity contribution in [3.05, 3.63) is 22.4 Å². The van der Waals surface area contributed by atoms with Crippen molar-refractivity contribution in [1.29, 1.82) is 0 Å². The number of rotatable bonds is 4. The van der Waals surface area contributed by atoms with Crippen LogP contribution in [0.4, 0.5) is 0 Å². The fourth-order valence-electron chi connectivity index (χ4n) is 2.27. The highest BCUT2D eigenvalue weighted by atomic mass is 32.1. The van der Waals surface area contributed by atoms with Gasteiger partial charge in [-0.05, 0) is 43.3 Å². The minimum Gasteiger partial charge on any atom is -0.296 e. The van der Waals surface area contributed by atoms with Crippen molar-refractivity contribution in [1.82, 2.24) is 4.90 Å². The van der Waals surface area contributed by atoms with Crippen LogP contribution in [0.2, 0.25) is 0 Å². The zero-order chi connectivity index (χ0) is 11.4. The van der Waals surface area contributed by atoms with Crippen molar-refractivity contribution in [3.63, 3.8) is 0 Å². The smallest absolute Gasteiger partial charge is 0.177 e. The molecule has 16 heavy (non-hydrogen) atoms. The van der Waals surface area contributed by atoms with Crippen LogP contribution in [0.3, 0.4) is 0 Å². The van der Waals surface area contributed by atoms with Crippen molar-refractivity contribution < 1.29 is 4.79 Å². The molecule has 88 valence electrons. The van der Waals surface area contributed by atoms with Crippen LogP contribution in [0, 0.1) is 5.92 Å².